The fraction of sp³-hybridized carbons (Fsp3) is 0.0800. The summed E-state index contributed by atoms with van der Waals surface area (Å²) in [5.41, 5.74) is 5.13. The smallest absolute Gasteiger partial charge is 0.194 e. The van der Waals surface area contributed by atoms with Crippen molar-refractivity contribution < 1.29 is 4.57 Å². The van der Waals surface area contributed by atoms with Crippen molar-refractivity contribution in [1.82, 2.24) is 0 Å². The van der Waals surface area contributed by atoms with Gasteiger partial charge in [0, 0.05) is 17.0 Å². The first-order valence-electron chi connectivity index (χ1n) is 9.03. The third-order valence-corrected chi connectivity index (χ3v) is 5.42. The Morgan fingerprint density at radius 1 is 0.615 bits per heavy atom. The highest BCUT2D eigenvalue weighted by molar-refractivity contribution is 6.03. The second-order valence-electron chi connectivity index (χ2n) is 7.02. The summed E-state index contributed by atoms with van der Waals surface area (Å²) in [6.45, 7) is 2.20. The monoisotopic (exact) mass is 334 g/mol. The minimum atomic E-state index is 1.25. The van der Waals surface area contributed by atoms with Gasteiger partial charge in [0.25, 0.3) is 0 Å². The summed E-state index contributed by atoms with van der Waals surface area (Å²) < 4.78 is 2.34. The standard InChI is InChI=1S/C25H20N/c1-17-15-20-8-3-4-9-21(20)16-23(17)24-14-13-19-12-11-18-7-5-6-10-22(18)25(19)26(24)2/h3-16H,1-2H3/q+1. The quantitative estimate of drug-likeness (QED) is 0.263. The number of hydrogen-bond donors (Lipinski definition) is 0. The topological polar surface area (TPSA) is 3.88 Å². The van der Waals surface area contributed by atoms with E-state index in [0.29, 0.717) is 0 Å². The first-order valence-corrected chi connectivity index (χ1v) is 9.03. The van der Waals surface area contributed by atoms with Crippen LogP contribution < -0.4 is 4.57 Å². The summed E-state index contributed by atoms with van der Waals surface area (Å²) in [5, 5.41) is 6.43. The number of fused-ring (bicyclic) bond motifs is 4. The summed E-state index contributed by atoms with van der Waals surface area (Å²) in [7, 11) is 2.18. The fourth-order valence-corrected chi connectivity index (χ4v) is 4.08. The minimum absolute atomic E-state index is 1.25. The molecule has 0 aliphatic rings. The van der Waals surface area contributed by atoms with Crippen molar-refractivity contribution in [2.45, 2.75) is 6.92 Å². The molecule has 0 saturated carbocycles. The average molecular weight is 334 g/mol. The maximum absolute atomic E-state index is 2.34. The Morgan fingerprint density at radius 3 is 2.04 bits per heavy atom. The molecule has 4 aromatic carbocycles. The molecule has 1 nitrogen and oxygen atoms in total. The van der Waals surface area contributed by atoms with Crippen LogP contribution >= 0.6 is 0 Å². The lowest BCUT2D eigenvalue weighted by Gasteiger charge is -2.10. The molecule has 0 amide bonds. The molecular formula is C25H20N+. The van der Waals surface area contributed by atoms with E-state index in [2.05, 4.69) is 103 Å². The van der Waals surface area contributed by atoms with Gasteiger partial charge in [0.1, 0.15) is 7.05 Å². The van der Waals surface area contributed by atoms with Gasteiger partial charge in [-0.15, -0.1) is 0 Å². The Hall–Kier alpha value is -3.19. The minimum Gasteiger partial charge on any atom is -0.194 e. The van der Waals surface area contributed by atoms with Crippen LogP contribution in [0.25, 0.3) is 43.7 Å². The zero-order chi connectivity index (χ0) is 17.7. The van der Waals surface area contributed by atoms with Gasteiger partial charge in [-0.3, -0.25) is 0 Å². The predicted molar refractivity (Wildman–Crippen MR) is 110 cm³/mol. The lowest BCUT2D eigenvalue weighted by molar-refractivity contribution is -0.632. The van der Waals surface area contributed by atoms with Gasteiger partial charge >= 0.3 is 0 Å². The third kappa shape index (κ3) is 2.21. The highest BCUT2D eigenvalue weighted by atomic mass is 14.9. The van der Waals surface area contributed by atoms with E-state index < -0.39 is 0 Å². The van der Waals surface area contributed by atoms with Crippen LogP contribution in [0.1, 0.15) is 5.56 Å². The first-order chi connectivity index (χ1) is 12.7. The molecule has 0 N–H and O–H groups in total. The van der Waals surface area contributed by atoms with Crippen LogP contribution in [0.4, 0.5) is 0 Å². The molecule has 0 bridgehead atoms. The molecule has 0 spiro atoms. The van der Waals surface area contributed by atoms with Gasteiger partial charge < -0.3 is 0 Å². The summed E-state index contributed by atoms with van der Waals surface area (Å²) in [6, 6.07) is 30.7. The van der Waals surface area contributed by atoms with Crippen molar-refractivity contribution in [3.8, 4) is 11.3 Å². The molecule has 0 atom stereocenters. The second kappa shape index (κ2) is 5.67. The summed E-state index contributed by atoms with van der Waals surface area (Å²) in [4.78, 5) is 0. The van der Waals surface area contributed by atoms with Crippen molar-refractivity contribution in [2.75, 3.05) is 0 Å². The van der Waals surface area contributed by atoms with Crippen molar-refractivity contribution >= 4 is 32.4 Å². The number of benzene rings is 4. The molecule has 1 heteroatoms. The Morgan fingerprint density at radius 2 is 1.23 bits per heavy atom. The molecule has 0 unspecified atom stereocenters. The lowest BCUT2D eigenvalue weighted by Crippen LogP contribution is -2.32. The van der Waals surface area contributed by atoms with Crippen LogP contribution in [0, 0.1) is 6.92 Å². The van der Waals surface area contributed by atoms with E-state index in [1.807, 2.05) is 0 Å². The van der Waals surface area contributed by atoms with Gasteiger partial charge in [-0.25, -0.2) is 0 Å². The van der Waals surface area contributed by atoms with Gasteiger partial charge in [-0.05, 0) is 52.9 Å². The number of aryl methyl sites for hydroxylation is 2. The molecule has 1 heterocycles. The number of aromatic nitrogens is 1. The molecule has 0 radical (unpaired) electrons. The summed E-state index contributed by atoms with van der Waals surface area (Å²) in [5.74, 6) is 0. The maximum Gasteiger partial charge on any atom is 0.220 e. The molecule has 5 aromatic rings. The molecule has 1 aromatic heterocycles. The molecule has 26 heavy (non-hydrogen) atoms. The zero-order valence-electron chi connectivity index (χ0n) is 15.0. The Balaban J connectivity index is 1.86. The largest absolute Gasteiger partial charge is 0.220 e. The SMILES string of the molecule is Cc1cc2ccccc2cc1-c1ccc2ccc3ccccc3c2[n+]1C. The highest BCUT2D eigenvalue weighted by Crippen LogP contribution is 2.29. The molecule has 0 aliphatic carbocycles. The Bertz CT molecular complexity index is 1300. The maximum atomic E-state index is 2.34. The predicted octanol–water partition coefficient (Wildman–Crippen LogP) is 5.95. The van der Waals surface area contributed by atoms with E-state index in [0.717, 1.165) is 0 Å². The van der Waals surface area contributed by atoms with Gasteiger partial charge in [0.15, 0.2) is 0 Å². The molecule has 0 fully saturated rings. The van der Waals surface area contributed by atoms with E-state index in [9.17, 15) is 0 Å². The Kier molecular flexibility index (Phi) is 3.29. The van der Waals surface area contributed by atoms with Gasteiger partial charge in [-0.1, -0.05) is 54.6 Å². The van der Waals surface area contributed by atoms with Crippen molar-refractivity contribution in [1.29, 1.82) is 0 Å². The van der Waals surface area contributed by atoms with Crippen molar-refractivity contribution in [3.05, 3.63) is 90.5 Å². The van der Waals surface area contributed by atoms with E-state index in [1.165, 1.54) is 49.3 Å². The van der Waals surface area contributed by atoms with Crippen molar-refractivity contribution in [2.24, 2.45) is 7.05 Å². The second-order valence-corrected chi connectivity index (χ2v) is 7.02. The molecule has 0 aliphatic heterocycles. The van der Waals surface area contributed by atoms with Crippen LogP contribution in [0.2, 0.25) is 0 Å². The zero-order valence-corrected chi connectivity index (χ0v) is 15.0. The average Bonchev–Trinajstić information content (AvgIpc) is 2.67. The third-order valence-electron chi connectivity index (χ3n) is 5.42. The van der Waals surface area contributed by atoms with E-state index in [1.54, 1.807) is 0 Å². The van der Waals surface area contributed by atoms with E-state index in [-0.39, 0.29) is 0 Å². The van der Waals surface area contributed by atoms with Gasteiger partial charge in [-0.2, -0.15) is 4.57 Å². The summed E-state index contributed by atoms with van der Waals surface area (Å²) >= 11 is 0. The first kappa shape index (κ1) is 15.1. The van der Waals surface area contributed by atoms with Crippen molar-refractivity contribution in [3.63, 3.8) is 0 Å². The van der Waals surface area contributed by atoms with Crippen LogP contribution in [-0.2, 0) is 7.05 Å². The fourth-order valence-electron chi connectivity index (χ4n) is 4.08. The summed E-state index contributed by atoms with van der Waals surface area (Å²) in [6.07, 6.45) is 0. The molecule has 5 rings (SSSR count). The number of pyridine rings is 1. The highest BCUT2D eigenvalue weighted by Gasteiger charge is 2.18. The van der Waals surface area contributed by atoms with Crippen LogP contribution in [0.5, 0.6) is 0 Å². The molecule has 0 saturated heterocycles. The van der Waals surface area contributed by atoms with Gasteiger partial charge in [0.2, 0.25) is 11.2 Å². The molecular weight excluding hydrogens is 314 g/mol. The number of nitrogens with zero attached hydrogens (tertiary/aromatic N) is 1. The number of rotatable bonds is 1. The van der Waals surface area contributed by atoms with E-state index >= 15 is 0 Å². The Labute approximate surface area is 153 Å². The molecule has 124 valence electrons. The normalized spacial score (nSPS) is 11.5. The van der Waals surface area contributed by atoms with E-state index in [4.69, 9.17) is 0 Å². The lowest BCUT2D eigenvalue weighted by atomic mass is 9.98. The number of hydrogen-bond acceptors (Lipinski definition) is 0. The van der Waals surface area contributed by atoms with Crippen LogP contribution in [-0.4, -0.2) is 0 Å². The van der Waals surface area contributed by atoms with Gasteiger partial charge in [0.05, 0.1) is 5.39 Å². The van der Waals surface area contributed by atoms with Crippen LogP contribution in [0.3, 0.4) is 0 Å². The van der Waals surface area contributed by atoms with Crippen LogP contribution in [0.15, 0.2) is 84.9 Å².